The molecule has 7 nitrogen and oxygen atoms in total. The predicted molar refractivity (Wildman–Crippen MR) is 112 cm³/mol. The summed E-state index contributed by atoms with van der Waals surface area (Å²) in [7, 11) is 0. The van der Waals surface area contributed by atoms with E-state index in [2.05, 4.69) is 21.0 Å². The second-order valence-electron chi connectivity index (χ2n) is 6.44. The van der Waals surface area contributed by atoms with Gasteiger partial charge in [-0.05, 0) is 55.5 Å². The third-order valence-electron chi connectivity index (χ3n) is 4.71. The van der Waals surface area contributed by atoms with Crippen LogP contribution in [0.15, 0.2) is 58.1 Å². The molecule has 2 aliphatic rings. The van der Waals surface area contributed by atoms with Gasteiger partial charge in [0, 0.05) is 9.50 Å². The molecule has 148 valence electrons. The van der Waals surface area contributed by atoms with E-state index >= 15 is 0 Å². The Morgan fingerprint density at radius 3 is 2.31 bits per heavy atom. The standard InChI is InChI=1S/C20H15BrClN3O4/c1-2-29-20(28)16-15-17(25(23-16)14-9-5-12(22)6-10-14)19(27)24(18(15)26)13-7-3-11(21)4-8-13/h3-10,15,17H,2H2,1H3. The number of hydrogen-bond donors (Lipinski definition) is 0. The summed E-state index contributed by atoms with van der Waals surface area (Å²) in [6.45, 7) is 1.80. The van der Waals surface area contributed by atoms with Crippen LogP contribution in [0.1, 0.15) is 6.92 Å². The molecular weight excluding hydrogens is 462 g/mol. The average Bonchev–Trinajstić information content (AvgIpc) is 3.21. The molecule has 2 amide bonds. The number of esters is 1. The van der Waals surface area contributed by atoms with Crippen LogP contribution in [-0.4, -0.2) is 36.1 Å². The SMILES string of the molecule is CCOC(=O)C1=NN(c2ccc(Cl)cc2)C2C(=O)N(c3ccc(Br)cc3)C(=O)C12. The first-order valence-electron chi connectivity index (χ1n) is 8.86. The van der Waals surface area contributed by atoms with Crippen LogP contribution >= 0.6 is 27.5 Å². The molecule has 1 fully saturated rings. The van der Waals surface area contributed by atoms with E-state index in [1.54, 1.807) is 55.5 Å². The van der Waals surface area contributed by atoms with Gasteiger partial charge in [-0.25, -0.2) is 9.69 Å². The molecule has 9 heteroatoms. The molecule has 0 aromatic heterocycles. The molecule has 0 radical (unpaired) electrons. The number of amides is 2. The first-order chi connectivity index (χ1) is 13.9. The van der Waals surface area contributed by atoms with Gasteiger partial charge in [-0.2, -0.15) is 5.10 Å². The molecule has 2 atom stereocenters. The molecule has 2 unspecified atom stereocenters. The van der Waals surface area contributed by atoms with Gasteiger partial charge in [-0.3, -0.25) is 14.6 Å². The van der Waals surface area contributed by atoms with Gasteiger partial charge >= 0.3 is 5.97 Å². The van der Waals surface area contributed by atoms with Crippen molar-refractivity contribution >= 4 is 62.4 Å². The lowest BCUT2D eigenvalue weighted by atomic mass is 9.98. The minimum Gasteiger partial charge on any atom is -0.461 e. The lowest BCUT2D eigenvalue weighted by Crippen LogP contribution is -2.39. The largest absolute Gasteiger partial charge is 0.461 e. The molecule has 2 aromatic rings. The predicted octanol–water partition coefficient (Wildman–Crippen LogP) is 3.40. The highest BCUT2D eigenvalue weighted by Gasteiger charge is 2.59. The molecule has 2 aliphatic heterocycles. The summed E-state index contributed by atoms with van der Waals surface area (Å²) in [4.78, 5) is 40.0. The molecule has 2 heterocycles. The minimum atomic E-state index is -1.04. The zero-order chi connectivity index (χ0) is 20.7. The van der Waals surface area contributed by atoms with E-state index in [0.717, 1.165) is 9.37 Å². The summed E-state index contributed by atoms with van der Waals surface area (Å²) in [6, 6.07) is 12.5. The summed E-state index contributed by atoms with van der Waals surface area (Å²) in [5.41, 5.74) is 0.893. The summed E-state index contributed by atoms with van der Waals surface area (Å²) >= 11 is 9.29. The van der Waals surface area contributed by atoms with Crippen molar-refractivity contribution in [3.8, 4) is 0 Å². The highest BCUT2D eigenvalue weighted by Crippen LogP contribution is 2.38. The number of hydrazone groups is 1. The van der Waals surface area contributed by atoms with E-state index in [9.17, 15) is 14.4 Å². The summed E-state index contributed by atoms with van der Waals surface area (Å²) in [5, 5.41) is 6.20. The molecule has 2 aromatic carbocycles. The number of imide groups is 1. The second-order valence-corrected chi connectivity index (χ2v) is 7.79. The molecule has 4 rings (SSSR count). The number of ether oxygens (including phenoxy) is 1. The fraction of sp³-hybridized carbons (Fsp3) is 0.200. The van der Waals surface area contributed by atoms with Crippen LogP contribution < -0.4 is 9.91 Å². The van der Waals surface area contributed by atoms with Gasteiger partial charge in [0.25, 0.3) is 5.91 Å². The van der Waals surface area contributed by atoms with Gasteiger partial charge in [0.1, 0.15) is 12.0 Å². The van der Waals surface area contributed by atoms with Crippen LogP contribution in [0.2, 0.25) is 5.02 Å². The van der Waals surface area contributed by atoms with Crippen LogP contribution in [0, 0.1) is 5.92 Å². The van der Waals surface area contributed by atoms with Crippen LogP contribution in [0.3, 0.4) is 0 Å². The van der Waals surface area contributed by atoms with E-state index in [0.29, 0.717) is 16.4 Å². The van der Waals surface area contributed by atoms with Gasteiger partial charge in [-0.1, -0.05) is 27.5 Å². The van der Waals surface area contributed by atoms with Crippen molar-refractivity contribution in [1.82, 2.24) is 0 Å². The lowest BCUT2D eigenvalue weighted by Gasteiger charge is -2.22. The van der Waals surface area contributed by atoms with Gasteiger partial charge in [0.05, 0.1) is 18.0 Å². The summed E-state index contributed by atoms with van der Waals surface area (Å²) < 4.78 is 5.89. The Balaban J connectivity index is 1.78. The van der Waals surface area contributed by atoms with E-state index in [1.165, 1.54) is 5.01 Å². The maximum atomic E-state index is 13.3. The smallest absolute Gasteiger partial charge is 0.355 e. The number of fused-ring (bicyclic) bond motifs is 1. The zero-order valence-electron chi connectivity index (χ0n) is 15.2. The van der Waals surface area contributed by atoms with Crippen molar-refractivity contribution in [3.05, 3.63) is 58.0 Å². The monoisotopic (exact) mass is 475 g/mol. The number of benzene rings is 2. The van der Waals surface area contributed by atoms with Gasteiger partial charge in [0.15, 0.2) is 5.71 Å². The number of carbonyl (C=O) groups is 3. The molecule has 0 aliphatic carbocycles. The molecule has 0 saturated carbocycles. The Morgan fingerprint density at radius 2 is 1.69 bits per heavy atom. The number of carbonyl (C=O) groups excluding carboxylic acids is 3. The van der Waals surface area contributed by atoms with E-state index < -0.39 is 29.7 Å². The van der Waals surface area contributed by atoms with Crippen molar-refractivity contribution in [1.29, 1.82) is 0 Å². The average molecular weight is 477 g/mol. The third kappa shape index (κ3) is 3.32. The Hall–Kier alpha value is -2.71. The Morgan fingerprint density at radius 1 is 1.07 bits per heavy atom. The highest BCUT2D eigenvalue weighted by atomic mass is 79.9. The molecule has 29 heavy (non-hydrogen) atoms. The van der Waals surface area contributed by atoms with E-state index in [-0.39, 0.29) is 12.3 Å². The fourth-order valence-corrected chi connectivity index (χ4v) is 3.83. The van der Waals surface area contributed by atoms with Gasteiger partial charge in [-0.15, -0.1) is 0 Å². The Kier molecular flexibility index (Phi) is 5.14. The van der Waals surface area contributed by atoms with Crippen molar-refractivity contribution in [3.63, 3.8) is 0 Å². The van der Waals surface area contributed by atoms with Crippen molar-refractivity contribution in [2.24, 2.45) is 11.0 Å². The molecular formula is C20H15BrClN3O4. The quantitative estimate of drug-likeness (QED) is 0.499. The fourth-order valence-electron chi connectivity index (χ4n) is 3.44. The highest BCUT2D eigenvalue weighted by molar-refractivity contribution is 9.10. The summed E-state index contributed by atoms with van der Waals surface area (Å²) in [5.74, 6) is -2.72. The van der Waals surface area contributed by atoms with Gasteiger partial charge < -0.3 is 4.74 Å². The van der Waals surface area contributed by atoms with Crippen molar-refractivity contribution in [2.75, 3.05) is 16.5 Å². The Labute approximate surface area is 180 Å². The molecule has 1 saturated heterocycles. The number of halogens is 2. The van der Waals surface area contributed by atoms with E-state index in [1.807, 2.05) is 0 Å². The number of anilines is 2. The number of nitrogens with zero attached hydrogens (tertiary/aromatic N) is 3. The topological polar surface area (TPSA) is 79.3 Å². The maximum Gasteiger partial charge on any atom is 0.355 e. The van der Waals surface area contributed by atoms with Crippen LogP contribution in [0.4, 0.5) is 11.4 Å². The minimum absolute atomic E-state index is 0.0789. The molecule has 0 N–H and O–H groups in total. The first-order valence-corrected chi connectivity index (χ1v) is 10.0. The lowest BCUT2D eigenvalue weighted by molar-refractivity contribution is -0.136. The van der Waals surface area contributed by atoms with Crippen LogP contribution in [0.5, 0.6) is 0 Å². The Bertz CT molecular complexity index is 1020. The zero-order valence-corrected chi connectivity index (χ0v) is 17.6. The van der Waals surface area contributed by atoms with Crippen molar-refractivity contribution in [2.45, 2.75) is 13.0 Å². The molecule has 0 bridgehead atoms. The second kappa shape index (κ2) is 7.61. The molecule has 0 spiro atoms. The van der Waals surface area contributed by atoms with Gasteiger partial charge in [0.2, 0.25) is 5.91 Å². The van der Waals surface area contributed by atoms with E-state index in [4.69, 9.17) is 16.3 Å². The summed E-state index contributed by atoms with van der Waals surface area (Å²) in [6.07, 6.45) is 0. The number of rotatable bonds is 4. The van der Waals surface area contributed by atoms with Crippen molar-refractivity contribution < 1.29 is 19.1 Å². The van der Waals surface area contributed by atoms with Crippen LogP contribution in [0.25, 0.3) is 0 Å². The number of hydrogen-bond acceptors (Lipinski definition) is 6. The maximum absolute atomic E-state index is 13.3. The first kappa shape index (κ1) is 19.6. The normalized spacial score (nSPS) is 20.7. The third-order valence-corrected chi connectivity index (χ3v) is 5.49. The van der Waals surface area contributed by atoms with Crippen LogP contribution in [-0.2, 0) is 19.1 Å².